The Labute approximate surface area is 186 Å². The average molecular weight is 426 g/mol. The second kappa shape index (κ2) is 7.83. The molecule has 2 aromatic heterocycles. The average Bonchev–Trinajstić information content (AvgIpc) is 2.79. The molecule has 32 heavy (non-hydrogen) atoms. The molecule has 0 aliphatic carbocycles. The molecule has 5 heteroatoms. The molecule has 1 atom stereocenters. The largest absolute Gasteiger partial charge is 0.305 e. The summed E-state index contributed by atoms with van der Waals surface area (Å²) in [5.74, 6) is -0.372. The minimum absolute atomic E-state index is 0.00730. The van der Waals surface area contributed by atoms with Gasteiger partial charge in [-0.3, -0.25) is 9.78 Å². The van der Waals surface area contributed by atoms with E-state index in [0.29, 0.717) is 11.3 Å². The monoisotopic (exact) mass is 425 g/mol. The molecule has 0 saturated carbocycles. The third-order valence-electron chi connectivity index (χ3n) is 6.20. The van der Waals surface area contributed by atoms with Crippen LogP contribution in [0.15, 0.2) is 60.8 Å². The number of amides is 1. The van der Waals surface area contributed by atoms with Gasteiger partial charge in [-0.25, -0.2) is 9.37 Å². The number of anilines is 1. The van der Waals surface area contributed by atoms with E-state index in [2.05, 4.69) is 11.1 Å². The number of nitrogens with zero attached hydrogens (tertiary/aromatic N) is 3. The van der Waals surface area contributed by atoms with Crippen molar-refractivity contribution in [1.29, 1.82) is 0 Å². The van der Waals surface area contributed by atoms with E-state index in [1.165, 1.54) is 6.07 Å². The second-order valence-electron chi connectivity index (χ2n) is 8.58. The van der Waals surface area contributed by atoms with Gasteiger partial charge in [-0.05, 0) is 87.2 Å². The van der Waals surface area contributed by atoms with Crippen molar-refractivity contribution in [2.75, 3.05) is 4.90 Å². The molecule has 1 unspecified atom stereocenters. The Morgan fingerprint density at radius 2 is 1.91 bits per heavy atom. The highest BCUT2D eigenvalue weighted by molar-refractivity contribution is 6.15. The quantitative estimate of drug-likeness (QED) is 0.394. The predicted octanol–water partition coefficient (Wildman–Crippen LogP) is 6.03. The Bertz CT molecular complexity index is 1350. The summed E-state index contributed by atoms with van der Waals surface area (Å²) in [6, 6.07) is 16.3. The first kappa shape index (κ1) is 20.3. The number of pyridine rings is 2. The standard InChI is InChI=1S/C27H24FN3O/c1-16-12-17(2)26-21(13-16)22(15-24(30-26)23-6-4-5-11-29-23)27(32)31-18(3)7-8-19-14-20(28)9-10-25(19)31/h4-6,9-15,18H,7-8H2,1-3H3. The number of benzene rings is 2. The summed E-state index contributed by atoms with van der Waals surface area (Å²) < 4.78 is 13.9. The first-order valence-corrected chi connectivity index (χ1v) is 10.9. The number of fused-ring (bicyclic) bond motifs is 2. The van der Waals surface area contributed by atoms with Gasteiger partial charge in [0.2, 0.25) is 0 Å². The minimum atomic E-state index is -0.274. The van der Waals surface area contributed by atoms with E-state index in [1.54, 1.807) is 18.3 Å². The van der Waals surface area contributed by atoms with Crippen LogP contribution < -0.4 is 4.90 Å². The Hall–Kier alpha value is -3.60. The fraction of sp³-hybridized carbons (Fsp3) is 0.222. The van der Waals surface area contributed by atoms with Gasteiger partial charge in [0.1, 0.15) is 5.82 Å². The van der Waals surface area contributed by atoms with Crippen LogP contribution in [0.4, 0.5) is 10.1 Å². The summed E-state index contributed by atoms with van der Waals surface area (Å²) in [5, 5.41) is 0.827. The van der Waals surface area contributed by atoms with E-state index in [0.717, 1.165) is 51.8 Å². The van der Waals surface area contributed by atoms with Crippen LogP contribution in [-0.2, 0) is 6.42 Å². The summed E-state index contributed by atoms with van der Waals surface area (Å²) in [6.07, 6.45) is 3.27. The fourth-order valence-corrected chi connectivity index (χ4v) is 4.66. The number of hydrogen-bond donors (Lipinski definition) is 0. The molecule has 1 aliphatic rings. The molecule has 3 heterocycles. The van der Waals surface area contributed by atoms with Crippen LogP contribution in [0.2, 0.25) is 0 Å². The maximum Gasteiger partial charge on any atom is 0.259 e. The van der Waals surface area contributed by atoms with E-state index < -0.39 is 0 Å². The number of aryl methyl sites for hydroxylation is 3. The molecule has 160 valence electrons. The summed E-state index contributed by atoms with van der Waals surface area (Å²) >= 11 is 0. The van der Waals surface area contributed by atoms with Gasteiger partial charge in [0.05, 0.1) is 22.5 Å². The number of halogens is 1. The third-order valence-corrected chi connectivity index (χ3v) is 6.20. The highest BCUT2D eigenvalue weighted by atomic mass is 19.1. The topological polar surface area (TPSA) is 46.1 Å². The van der Waals surface area contributed by atoms with Crippen LogP contribution in [0.5, 0.6) is 0 Å². The van der Waals surface area contributed by atoms with Crippen LogP contribution in [-0.4, -0.2) is 21.9 Å². The van der Waals surface area contributed by atoms with E-state index in [1.807, 2.05) is 56.0 Å². The van der Waals surface area contributed by atoms with Gasteiger partial charge in [-0.2, -0.15) is 0 Å². The Morgan fingerprint density at radius 3 is 2.69 bits per heavy atom. The van der Waals surface area contributed by atoms with Gasteiger partial charge < -0.3 is 4.90 Å². The summed E-state index contributed by atoms with van der Waals surface area (Å²) in [5.41, 5.74) is 6.51. The lowest BCUT2D eigenvalue weighted by atomic mass is 9.94. The van der Waals surface area contributed by atoms with Crippen molar-refractivity contribution in [2.45, 2.75) is 39.7 Å². The normalized spacial score (nSPS) is 15.6. The highest BCUT2D eigenvalue weighted by Crippen LogP contribution is 2.35. The molecule has 1 aliphatic heterocycles. The molecule has 0 bridgehead atoms. The van der Waals surface area contributed by atoms with Crippen molar-refractivity contribution >= 4 is 22.5 Å². The van der Waals surface area contributed by atoms with Crippen molar-refractivity contribution in [2.24, 2.45) is 0 Å². The maximum absolute atomic E-state index is 14.1. The molecule has 0 radical (unpaired) electrons. The SMILES string of the molecule is Cc1cc(C)c2nc(-c3ccccn3)cc(C(=O)N3c4ccc(F)cc4CCC3C)c2c1. The van der Waals surface area contributed by atoms with Crippen molar-refractivity contribution in [3.63, 3.8) is 0 Å². The lowest BCUT2D eigenvalue weighted by Gasteiger charge is -2.35. The molecule has 2 aromatic carbocycles. The molecule has 0 spiro atoms. The Balaban J connectivity index is 1.74. The molecule has 0 saturated heterocycles. The predicted molar refractivity (Wildman–Crippen MR) is 125 cm³/mol. The van der Waals surface area contributed by atoms with E-state index in [-0.39, 0.29) is 17.8 Å². The van der Waals surface area contributed by atoms with Crippen LogP contribution in [0.1, 0.15) is 40.4 Å². The lowest BCUT2D eigenvalue weighted by molar-refractivity contribution is 0.0976. The molecule has 4 aromatic rings. The lowest BCUT2D eigenvalue weighted by Crippen LogP contribution is -2.42. The van der Waals surface area contributed by atoms with Gasteiger partial charge in [-0.15, -0.1) is 0 Å². The number of hydrogen-bond acceptors (Lipinski definition) is 3. The highest BCUT2D eigenvalue weighted by Gasteiger charge is 2.31. The van der Waals surface area contributed by atoms with Crippen LogP contribution in [0.3, 0.4) is 0 Å². The first-order valence-electron chi connectivity index (χ1n) is 10.9. The molecular formula is C27H24FN3O. The van der Waals surface area contributed by atoms with E-state index in [9.17, 15) is 9.18 Å². The Morgan fingerprint density at radius 1 is 1.06 bits per heavy atom. The summed E-state index contributed by atoms with van der Waals surface area (Å²) in [4.78, 5) is 25.2. The molecule has 5 rings (SSSR count). The number of aromatic nitrogens is 2. The summed E-state index contributed by atoms with van der Waals surface area (Å²) in [7, 11) is 0. The zero-order valence-corrected chi connectivity index (χ0v) is 18.4. The second-order valence-corrected chi connectivity index (χ2v) is 8.58. The van der Waals surface area contributed by atoms with Crippen molar-refractivity contribution in [3.05, 3.63) is 88.9 Å². The minimum Gasteiger partial charge on any atom is -0.305 e. The smallest absolute Gasteiger partial charge is 0.259 e. The maximum atomic E-state index is 14.1. The van der Waals surface area contributed by atoms with Crippen molar-refractivity contribution < 1.29 is 9.18 Å². The van der Waals surface area contributed by atoms with Crippen molar-refractivity contribution in [1.82, 2.24) is 9.97 Å². The number of carbonyl (C=O) groups excluding carboxylic acids is 1. The number of carbonyl (C=O) groups is 1. The van der Waals surface area contributed by atoms with Gasteiger partial charge in [-0.1, -0.05) is 17.7 Å². The van der Waals surface area contributed by atoms with Crippen LogP contribution >= 0.6 is 0 Å². The summed E-state index contributed by atoms with van der Waals surface area (Å²) in [6.45, 7) is 6.08. The molecular weight excluding hydrogens is 401 g/mol. The molecule has 4 nitrogen and oxygen atoms in total. The van der Waals surface area contributed by atoms with Crippen LogP contribution in [0, 0.1) is 19.7 Å². The molecule has 0 N–H and O–H groups in total. The fourth-order valence-electron chi connectivity index (χ4n) is 4.66. The zero-order valence-electron chi connectivity index (χ0n) is 18.4. The molecule has 0 fully saturated rings. The van der Waals surface area contributed by atoms with E-state index >= 15 is 0 Å². The number of rotatable bonds is 2. The third kappa shape index (κ3) is 3.44. The van der Waals surface area contributed by atoms with Gasteiger partial charge >= 0.3 is 0 Å². The van der Waals surface area contributed by atoms with Gasteiger partial charge in [0.25, 0.3) is 5.91 Å². The zero-order chi connectivity index (χ0) is 22.4. The van der Waals surface area contributed by atoms with Gasteiger partial charge in [0.15, 0.2) is 0 Å². The molecule has 1 amide bonds. The van der Waals surface area contributed by atoms with Crippen LogP contribution in [0.25, 0.3) is 22.3 Å². The first-order chi connectivity index (χ1) is 15.4. The Kier molecular flexibility index (Phi) is 4.97. The van der Waals surface area contributed by atoms with Gasteiger partial charge in [0, 0.05) is 23.3 Å². The van der Waals surface area contributed by atoms with Crippen molar-refractivity contribution in [3.8, 4) is 11.4 Å². The van der Waals surface area contributed by atoms with E-state index in [4.69, 9.17) is 4.98 Å².